The van der Waals surface area contributed by atoms with Gasteiger partial charge in [-0.2, -0.15) is 11.8 Å². The van der Waals surface area contributed by atoms with Crippen molar-refractivity contribution >= 4 is 23.6 Å². The molecule has 0 saturated heterocycles. The van der Waals surface area contributed by atoms with Crippen LogP contribution in [0.4, 0.5) is 0 Å². The number of esters is 1. The van der Waals surface area contributed by atoms with E-state index < -0.39 is 12.0 Å². The molecule has 1 amide bonds. The molecule has 1 atom stereocenters. The third-order valence-electron chi connectivity index (χ3n) is 3.29. The second kappa shape index (κ2) is 10.2. The number of benzene rings is 1. The molecule has 0 bridgehead atoms. The lowest BCUT2D eigenvalue weighted by atomic mass is 10.1. The average molecular weight is 324 g/mol. The van der Waals surface area contributed by atoms with E-state index in [0.29, 0.717) is 13.0 Å². The molecule has 1 aromatic rings. The lowest BCUT2D eigenvalue weighted by molar-refractivity contribution is -0.145. The Labute approximate surface area is 136 Å². The van der Waals surface area contributed by atoms with Crippen LogP contribution in [0.25, 0.3) is 0 Å². The second-order valence-corrected chi connectivity index (χ2v) is 5.94. The topological polar surface area (TPSA) is 67.4 Å². The maximum Gasteiger partial charge on any atom is 0.328 e. The maximum absolute atomic E-state index is 11.9. The molecule has 0 spiro atoms. The first-order valence-corrected chi connectivity index (χ1v) is 8.59. The van der Waals surface area contributed by atoms with Crippen molar-refractivity contribution in [1.29, 1.82) is 0 Å². The number of aryl methyl sites for hydroxylation is 1. The number of thioether (sulfide) groups is 1. The van der Waals surface area contributed by atoms with Crippen LogP contribution in [0.5, 0.6) is 0 Å². The minimum atomic E-state index is -0.579. The monoisotopic (exact) mass is 324 g/mol. The number of carbonyl (C=O) groups is 2. The summed E-state index contributed by atoms with van der Waals surface area (Å²) in [6.45, 7) is 2.82. The normalized spacial score (nSPS) is 11.8. The molecule has 2 N–H and O–H groups in total. The average Bonchev–Trinajstić information content (AvgIpc) is 2.52. The molecule has 0 saturated carbocycles. The van der Waals surface area contributed by atoms with Gasteiger partial charge in [0, 0.05) is 6.54 Å². The van der Waals surface area contributed by atoms with Gasteiger partial charge in [0.1, 0.15) is 6.04 Å². The summed E-state index contributed by atoms with van der Waals surface area (Å²) in [6.07, 6.45) is 2.53. The molecule has 1 rings (SSSR count). The molecule has 6 heteroatoms. The molecule has 0 aliphatic heterocycles. The number of hydrogen-bond acceptors (Lipinski definition) is 5. The van der Waals surface area contributed by atoms with E-state index in [1.807, 2.05) is 37.4 Å². The van der Waals surface area contributed by atoms with E-state index in [4.69, 9.17) is 4.74 Å². The summed E-state index contributed by atoms with van der Waals surface area (Å²) in [4.78, 5) is 23.6. The fourth-order valence-electron chi connectivity index (χ4n) is 1.99. The highest BCUT2D eigenvalue weighted by atomic mass is 32.2. The zero-order chi connectivity index (χ0) is 16.4. The van der Waals surface area contributed by atoms with Gasteiger partial charge in [-0.25, -0.2) is 4.79 Å². The van der Waals surface area contributed by atoms with E-state index in [0.717, 1.165) is 11.3 Å². The molecular formula is C16H24N2O3S. The van der Waals surface area contributed by atoms with Crippen LogP contribution in [0.3, 0.4) is 0 Å². The van der Waals surface area contributed by atoms with Gasteiger partial charge in [-0.3, -0.25) is 4.79 Å². The molecule has 5 nitrogen and oxygen atoms in total. The zero-order valence-corrected chi connectivity index (χ0v) is 14.2. The van der Waals surface area contributed by atoms with Crippen molar-refractivity contribution < 1.29 is 14.3 Å². The fraction of sp³-hybridized carbons (Fsp3) is 0.500. The highest BCUT2D eigenvalue weighted by molar-refractivity contribution is 7.98. The minimum absolute atomic E-state index is 0.168. The van der Waals surface area contributed by atoms with E-state index in [9.17, 15) is 9.59 Å². The van der Waals surface area contributed by atoms with Crippen LogP contribution in [0.2, 0.25) is 0 Å². The van der Waals surface area contributed by atoms with Gasteiger partial charge < -0.3 is 15.4 Å². The number of nitrogens with one attached hydrogen (secondary N) is 2. The summed E-state index contributed by atoms with van der Waals surface area (Å²) < 4.78 is 4.72. The Morgan fingerprint density at radius 3 is 2.68 bits per heavy atom. The number of amides is 1. The lowest BCUT2D eigenvalue weighted by Gasteiger charge is -2.16. The largest absolute Gasteiger partial charge is 0.467 e. The Hall–Kier alpha value is -1.53. The first-order chi connectivity index (χ1) is 10.6. The first-order valence-electron chi connectivity index (χ1n) is 7.19. The molecule has 122 valence electrons. The van der Waals surface area contributed by atoms with Gasteiger partial charge in [-0.05, 0) is 36.5 Å². The van der Waals surface area contributed by atoms with Crippen LogP contribution in [-0.2, 0) is 20.9 Å². The predicted octanol–water partition coefficient (Wildman–Crippen LogP) is 1.50. The van der Waals surface area contributed by atoms with E-state index in [-0.39, 0.29) is 12.5 Å². The van der Waals surface area contributed by atoms with E-state index >= 15 is 0 Å². The number of methoxy groups -OCH3 is 1. The van der Waals surface area contributed by atoms with Crippen LogP contribution in [-0.4, -0.2) is 43.6 Å². The Bertz CT molecular complexity index is 494. The van der Waals surface area contributed by atoms with Crippen molar-refractivity contribution in [2.45, 2.75) is 25.9 Å². The molecule has 0 aliphatic carbocycles. The highest BCUT2D eigenvalue weighted by Crippen LogP contribution is 2.06. The van der Waals surface area contributed by atoms with Gasteiger partial charge in [0.15, 0.2) is 0 Å². The van der Waals surface area contributed by atoms with Crippen molar-refractivity contribution in [3.05, 3.63) is 35.4 Å². The zero-order valence-electron chi connectivity index (χ0n) is 13.3. The van der Waals surface area contributed by atoms with Crippen molar-refractivity contribution in [1.82, 2.24) is 10.6 Å². The minimum Gasteiger partial charge on any atom is -0.467 e. The van der Waals surface area contributed by atoms with E-state index in [1.54, 1.807) is 11.8 Å². The summed E-state index contributed by atoms with van der Waals surface area (Å²) in [5.41, 5.74) is 2.34. The summed E-state index contributed by atoms with van der Waals surface area (Å²) in [6, 6.07) is 7.44. The highest BCUT2D eigenvalue weighted by Gasteiger charge is 2.20. The Morgan fingerprint density at radius 1 is 1.32 bits per heavy atom. The summed E-state index contributed by atoms with van der Waals surface area (Å²) >= 11 is 1.63. The van der Waals surface area contributed by atoms with E-state index in [1.165, 1.54) is 12.7 Å². The molecule has 0 radical (unpaired) electrons. The van der Waals surface area contributed by atoms with Gasteiger partial charge in [-0.1, -0.05) is 24.3 Å². The number of ether oxygens (including phenoxy) is 1. The van der Waals surface area contributed by atoms with Crippen molar-refractivity contribution in [3.8, 4) is 0 Å². The smallest absolute Gasteiger partial charge is 0.328 e. The van der Waals surface area contributed by atoms with Gasteiger partial charge in [0.25, 0.3) is 0 Å². The first kappa shape index (κ1) is 18.5. The molecule has 0 heterocycles. The summed E-state index contributed by atoms with van der Waals surface area (Å²) in [7, 11) is 1.33. The molecule has 0 aliphatic rings. The Morgan fingerprint density at radius 2 is 2.05 bits per heavy atom. The fourth-order valence-corrected chi connectivity index (χ4v) is 2.46. The Kier molecular flexibility index (Phi) is 8.62. The van der Waals surface area contributed by atoms with Crippen molar-refractivity contribution in [3.63, 3.8) is 0 Å². The van der Waals surface area contributed by atoms with Gasteiger partial charge >= 0.3 is 5.97 Å². The SMILES string of the molecule is COC(=O)[C@H](CCSC)NC(=O)CNCc1ccccc1C. The molecule has 22 heavy (non-hydrogen) atoms. The quantitative estimate of drug-likeness (QED) is 0.674. The molecular weight excluding hydrogens is 300 g/mol. The van der Waals surface area contributed by atoms with Crippen LogP contribution in [0.1, 0.15) is 17.5 Å². The second-order valence-electron chi connectivity index (χ2n) is 4.95. The van der Waals surface area contributed by atoms with Crippen LogP contribution in [0, 0.1) is 6.92 Å². The molecule has 1 aromatic carbocycles. The summed E-state index contributed by atoms with van der Waals surface area (Å²) in [5.74, 6) is 0.183. The molecule has 0 unspecified atom stereocenters. The van der Waals surface area contributed by atoms with Crippen molar-refractivity contribution in [2.24, 2.45) is 0 Å². The molecule has 0 fully saturated rings. The number of hydrogen-bond donors (Lipinski definition) is 2. The predicted molar refractivity (Wildman–Crippen MR) is 89.8 cm³/mol. The number of carbonyl (C=O) groups excluding carboxylic acids is 2. The van der Waals surface area contributed by atoms with Gasteiger partial charge in [0.2, 0.25) is 5.91 Å². The van der Waals surface area contributed by atoms with Crippen LogP contribution in [0.15, 0.2) is 24.3 Å². The summed E-state index contributed by atoms with van der Waals surface area (Å²) in [5, 5.41) is 5.81. The van der Waals surface area contributed by atoms with Gasteiger partial charge in [-0.15, -0.1) is 0 Å². The van der Waals surface area contributed by atoms with Gasteiger partial charge in [0.05, 0.1) is 13.7 Å². The van der Waals surface area contributed by atoms with E-state index in [2.05, 4.69) is 10.6 Å². The van der Waals surface area contributed by atoms with Crippen molar-refractivity contribution in [2.75, 3.05) is 25.7 Å². The number of rotatable bonds is 9. The standard InChI is InChI=1S/C16H24N2O3S/c1-12-6-4-5-7-13(12)10-17-11-15(19)18-14(8-9-22-3)16(20)21-2/h4-7,14,17H,8-11H2,1-3H3,(H,18,19)/t14-/m0/s1. The Balaban J connectivity index is 2.40. The van der Waals surface area contributed by atoms with Crippen LogP contribution >= 0.6 is 11.8 Å². The third kappa shape index (κ3) is 6.49. The maximum atomic E-state index is 11.9. The lowest BCUT2D eigenvalue weighted by Crippen LogP contribution is -2.45. The third-order valence-corrected chi connectivity index (χ3v) is 3.94. The molecule has 0 aromatic heterocycles. The van der Waals surface area contributed by atoms with Crippen LogP contribution < -0.4 is 10.6 Å².